The zero-order valence-corrected chi connectivity index (χ0v) is 12.3. The first-order valence-corrected chi connectivity index (χ1v) is 6.42. The summed E-state index contributed by atoms with van der Waals surface area (Å²) < 4.78 is 4.58. The van der Waals surface area contributed by atoms with Gasteiger partial charge in [0, 0.05) is 18.4 Å². The molecule has 19 heavy (non-hydrogen) atoms. The molecule has 0 bridgehead atoms. The van der Waals surface area contributed by atoms with Gasteiger partial charge >= 0.3 is 5.97 Å². The van der Waals surface area contributed by atoms with Crippen molar-refractivity contribution in [3.8, 4) is 0 Å². The highest BCUT2D eigenvalue weighted by atomic mass is 16.5. The topological polar surface area (TPSA) is 43.4 Å². The van der Waals surface area contributed by atoms with Gasteiger partial charge in [-0.05, 0) is 30.9 Å². The molecule has 0 fully saturated rings. The Balaban J connectivity index is 2.91. The lowest BCUT2D eigenvalue weighted by atomic mass is 9.68. The van der Waals surface area contributed by atoms with E-state index in [4.69, 9.17) is 0 Å². The van der Waals surface area contributed by atoms with Gasteiger partial charge < -0.3 is 4.74 Å². The second-order valence-corrected chi connectivity index (χ2v) is 5.77. The zero-order valence-electron chi connectivity index (χ0n) is 12.3. The van der Waals surface area contributed by atoms with E-state index in [1.54, 1.807) is 6.08 Å². The normalized spacial score (nSPS) is 23.4. The number of rotatable bonds is 3. The van der Waals surface area contributed by atoms with Crippen molar-refractivity contribution < 1.29 is 14.3 Å². The fourth-order valence-electron chi connectivity index (χ4n) is 2.52. The van der Waals surface area contributed by atoms with E-state index in [1.807, 2.05) is 19.9 Å². The van der Waals surface area contributed by atoms with E-state index in [2.05, 4.69) is 24.7 Å². The Morgan fingerprint density at radius 2 is 2.11 bits per heavy atom. The van der Waals surface area contributed by atoms with Crippen LogP contribution in [0.5, 0.6) is 0 Å². The predicted molar refractivity (Wildman–Crippen MR) is 75.6 cm³/mol. The van der Waals surface area contributed by atoms with Gasteiger partial charge in [-0.15, -0.1) is 0 Å². The molecule has 1 aliphatic carbocycles. The Morgan fingerprint density at radius 3 is 2.63 bits per heavy atom. The lowest BCUT2D eigenvalue weighted by Gasteiger charge is -2.35. The fraction of sp³-hybridized carbons (Fsp3) is 0.500. The van der Waals surface area contributed by atoms with Crippen LogP contribution in [0.1, 0.15) is 34.1 Å². The minimum absolute atomic E-state index is 0.0854. The highest BCUT2D eigenvalue weighted by Crippen LogP contribution is 2.40. The molecule has 0 aliphatic heterocycles. The van der Waals surface area contributed by atoms with Crippen LogP contribution in [0, 0.1) is 11.3 Å². The molecule has 0 spiro atoms. The highest BCUT2D eigenvalue weighted by molar-refractivity contribution is 5.92. The third-order valence-corrected chi connectivity index (χ3v) is 3.45. The Hall–Kier alpha value is -1.64. The van der Waals surface area contributed by atoms with Gasteiger partial charge in [0.05, 0.1) is 7.11 Å². The summed E-state index contributed by atoms with van der Waals surface area (Å²) in [5.41, 5.74) is 1.83. The standard InChI is InChI=1S/C16H22O3/c1-11(8-15(18)19-5)6-7-14-12(2)9-13(17)10-16(14,3)4/h6-9,14H,10H2,1-5H3/b7-6+,11-8+/t14-/m0/s1. The number of ether oxygens (including phenoxy) is 1. The van der Waals surface area contributed by atoms with Crippen LogP contribution < -0.4 is 0 Å². The second kappa shape index (κ2) is 6.00. The van der Waals surface area contributed by atoms with Crippen LogP contribution in [0.3, 0.4) is 0 Å². The molecule has 1 atom stereocenters. The minimum atomic E-state index is -0.354. The predicted octanol–water partition coefficient (Wildman–Crippen LogP) is 3.22. The van der Waals surface area contributed by atoms with Crippen molar-refractivity contribution in [1.29, 1.82) is 0 Å². The molecule has 3 heteroatoms. The molecule has 3 nitrogen and oxygen atoms in total. The minimum Gasteiger partial charge on any atom is -0.466 e. The number of esters is 1. The second-order valence-electron chi connectivity index (χ2n) is 5.77. The summed E-state index contributed by atoms with van der Waals surface area (Å²) in [4.78, 5) is 22.7. The van der Waals surface area contributed by atoms with Crippen LogP contribution in [0.15, 0.2) is 35.5 Å². The largest absolute Gasteiger partial charge is 0.466 e. The summed E-state index contributed by atoms with van der Waals surface area (Å²) in [6.07, 6.45) is 7.71. The Bertz CT molecular complexity index is 464. The van der Waals surface area contributed by atoms with Crippen LogP contribution in [0.4, 0.5) is 0 Å². The van der Waals surface area contributed by atoms with E-state index in [0.29, 0.717) is 6.42 Å². The Kier molecular flexibility index (Phi) is 4.87. The number of ketones is 1. The first-order chi connectivity index (χ1) is 8.76. The summed E-state index contributed by atoms with van der Waals surface area (Å²) in [5, 5.41) is 0. The lowest BCUT2D eigenvalue weighted by Crippen LogP contribution is -2.30. The number of hydrogen-bond donors (Lipinski definition) is 0. The maximum atomic E-state index is 11.6. The average Bonchev–Trinajstić information content (AvgIpc) is 2.25. The van der Waals surface area contributed by atoms with Crippen molar-refractivity contribution in [2.75, 3.05) is 7.11 Å². The Labute approximate surface area is 115 Å². The molecular formula is C16H22O3. The average molecular weight is 262 g/mol. The van der Waals surface area contributed by atoms with E-state index in [0.717, 1.165) is 11.1 Å². The molecule has 0 aromatic carbocycles. The van der Waals surface area contributed by atoms with Crippen LogP contribution in [0.25, 0.3) is 0 Å². The van der Waals surface area contributed by atoms with Gasteiger partial charge in [0.15, 0.2) is 5.78 Å². The van der Waals surface area contributed by atoms with E-state index >= 15 is 0 Å². The molecule has 0 heterocycles. The number of carbonyl (C=O) groups is 2. The summed E-state index contributed by atoms with van der Waals surface area (Å²) in [7, 11) is 1.36. The Morgan fingerprint density at radius 1 is 1.47 bits per heavy atom. The molecule has 0 aromatic heterocycles. The van der Waals surface area contributed by atoms with Crippen LogP contribution in [-0.2, 0) is 14.3 Å². The third-order valence-electron chi connectivity index (χ3n) is 3.45. The number of allylic oxidation sites excluding steroid dienone is 5. The van der Waals surface area contributed by atoms with Crippen molar-refractivity contribution in [3.63, 3.8) is 0 Å². The third kappa shape index (κ3) is 4.19. The number of hydrogen-bond acceptors (Lipinski definition) is 3. The SMILES string of the molecule is COC(=O)/C=C(C)/C=C/[C@H]1C(C)=CC(=O)CC1(C)C. The van der Waals surface area contributed by atoms with Crippen molar-refractivity contribution in [1.82, 2.24) is 0 Å². The molecule has 104 valence electrons. The maximum Gasteiger partial charge on any atom is 0.330 e. The van der Waals surface area contributed by atoms with Crippen molar-refractivity contribution in [2.45, 2.75) is 34.1 Å². The van der Waals surface area contributed by atoms with E-state index in [9.17, 15) is 9.59 Å². The molecule has 0 radical (unpaired) electrons. The highest BCUT2D eigenvalue weighted by Gasteiger charge is 2.34. The first-order valence-electron chi connectivity index (χ1n) is 6.42. The number of methoxy groups -OCH3 is 1. The van der Waals surface area contributed by atoms with Gasteiger partial charge in [0.2, 0.25) is 0 Å². The van der Waals surface area contributed by atoms with E-state index in [1.165, 1.54) is 13.2 Å². The van der Waals surface area contributed by atoms with Gasteiger partial charge in [-0.2, -0.15) is 0 Å². The first kappa shape index (κ1) is 15.4. The maximum absolute atomic E-state index is 11.6. The van der Waals surface area contributed by atoms with Crippen molar-refractivity contribution in [3.05, 3.63) is 35.5 Å². The van der Waals surface area contributed by atoms with Crippen LogP contribution in [0.2, 0.25) is 0 Å². The monoisotopic (exact) mass is 262 g/mol. The quantitative estimate of drug-likeness (QED) is 0.445. The lowest BCUT2D eigenvalue weighted by molar-refractivity contribution is -0.134. The molecule has 1 aliphatic rings. The van der Waals surface area contributed by atoms with Gasteiger partial charge in [0.1, 0.15) is 0 Å². The molecule has 0 saturated heterocycles. The summed E-state index contributed by atoms with van der Waals surface area (Å²) in [6, 6.07) is 0. The molecule has 0 saturated carbocycles. The summed E-state index contributed by atoms with van der Waals surface area (Å²) >= 11 is 0. The number of carbonyl (C=O) groups excluding carboxylic acids is 2. The van der Waals surface area contributed by atoms with Crippen molar-refractivity contribution in [2.24, 2.45) is 11.3 Å². The molecule has 0 unspecified atom stereocenters. The van der Waals surface area contributed by atoms with Crippen molar-refractivity contribution >= 4 is 11.8 Å². The summed E-state index contributed by atoms with van der Waals surface area (Å²) in [6.45, 7) is 8.02. The van der Waals surface area contributed by atoms with Gasteiger partial charge in [0.25, 0.3) is 0 Å². The van der Waals surface area contributed by atoms with Gasteiger partial charge in [-0.25, -0.2) is 4.79 Å². The van der Waals surface area contributed by atoms with E-state index in [-0.39, 0.29) is 23.1 Å². The van der Waals surface area contributed by atoms with E-state index < -0.39 is 0 Å². The molecule has 1 rings (SSSR count). The molecule has 0 amide bonds. The van der Waals surface area contributed by atoms with Crippen LogP contribution >= 0.6 is 0 Å². The zero-order chi connectivity index (χ0) is 14.6. The van der Waals surface area contributed by atoms with Crippen LogP contribution in [-0.4, -0.2) is 18.9 Å². The summed E-state index contributed by atoms with van der Waals surface area (Å²) in [5.74, 6) is 0.0488. The fourth-order valence-corrected chi connectivity index (χ4v) is 2.52. The smallest absolute Gasteiger partial charge is 0.330 e. The molecular weight excluding hydrogens is 240 g/mol. The molecule has 0 N–H and O–H groups in total. The van der Waals surface area contributed by atoms with Gasteiger partial charge in [-0.3, -0.25) is 4.79 Å². The van der Waals surface area contributed by atoms with Gasteiger partial charge in [-0.1, -0.05) is 31.6 Å². The molecule has 0 aromatic rings.